The van der Waals surface area contributed by atoms with E-state index in [2.05, 4.69) is 10.2 Å². The second-order valence-corrected chi connectivity index (χ2v) is 7.44. The van der Waals surface area contributed by atoms with Gasteiger partial charge in [0.15, 0.2) is 4.34 Å². The van der Waals surface area contributed by atoms with E-state index in [1.165, 1.54) is 35.5 Å². The number of carbonyl (C=O) groups is 2. The molecule has 1 N–H and O–H groups in total. The second kappa shape index (κ2) is 7.79. The number of alkyl halides is 1. The molecule has 124 valence electrons. The molecule has 1 aromatic rings. The van der Waals surface area contributed by atoms with Gasteiger partial charge >= 0.3 is 29.6 Å². The average molecular weight is 381 g/mol. The van der Waals surface area contributed by atoms with Crippen molar-refractivity contribution in [3.8, 4) is 0 Å². The number of rotatable bonds is 6. The van der Waals surface area contributed by atoms with Crippen LogP contribution in [0.15, 0.2) is 21.1 Å². The number of hydrogen-bond acceptors (Lipinski definition) is 8. The third kappa shape index (κ3) is 3.15. The Morgan fingerprint density at radius 2 is 2.33 bits per heavy atom. The number of thioether (sulfide) groups is 1. The number of carbonyl (C=O) groups excluding carboxylic acids is 2. The van der Waals surface area contributed by atoms with Gasteiger partial charge in [-0.1, -0.05) is 23.1 Å². The number of nitrogens with zero attached hydrogens (tertiary/aromatic N) is 3. The van der Waals surface area contributed by atoms with E-state index < -0.39 is 42.5 Å². The Kier molecular flexibility index (Phi) is 6.43. The number of aliphatic hydroxyl groups excluding tert-OH is 1. The van der Waals surface area contributed by atoms with Gasteiger partial charge in [-0.25, -0.2) is 0 Å². The van der Waals surface area contributed by atoms with Crippen molar-refractivity contribution in [3.05, 3.63) is 16.8 Å². The third-order valence-electron chi connectivity index (χ3n) is 4.16. The fraction of sp³-hybridized carbons (Fsp3) is 0.538. The van der Waals surface area contributed by atoms with Crippen molar-refractivity contribution in [1.82, 2.24) is 15.1 Å². The summed E-state index contributed by atoms with van der Waals surface area (Å²) >= 11 is 2.52. The largest absolute Gasteiger partial charge is 1.00 e. The molecule has 11 heteroatoms. The standard InChI is InChI=1S/C13H14FN3O4S2.Na/c1-5(18)8-9-6(2-14)7(3-22-13-16-15-4-23-13)10(12(20)21)17(9)11(8)19;/h4-6,8-9,18H,2-3H2,1H3,(H,20,21);/q;+1/p-1/t5-,6-,8-,9-;/m1./s1. The second-order valence-electron chi connectivity index (χ2n) is 5.38. The van der Waals surface area contributed by atoms with E-state index in [0.717, 1.165) is 4.90 Å². The molecule has 0 radical (unpaired) electrons. The fourth-order valence-electron chi connectivity index (χ4n) is 3.20. The molecule has 0 unspecified atom stereocenters. The van der Waals surface area contributed by atoms with Crippen molar-refractivity contribution < 1.29 is 53.7 Å². The van der Waals surface area contributed by atoms with E-state index in [1.807, 2.05) is 0 Å². The number of aliphatic carboxylic acids is 1. The minimum Gasteiger partial charge on any atom is -0.543 e. The summed E-state index contributed by atoms with van der Waals surface area (Å²) in [5.41, 5.74) is 1.59. The van der Waals surface area contributed by atoms with Gasteiger partial charge in [-0.15, -0.1) is 10.2 Å². The van der Waals surface area contributed by atoms with Crippen molar-refractivity contribution in [2.75, 3.05) is 12.4 Å². The van der Waals surface area contributed by atoms with Crippen molar-refractivity contribution >= 4 is 35.0 Å². The molecule has 4 atom stereocenters. The van der Waals surface area contributed by atoms with Crippen molar-refractivity contribution in [2.45, 2.75) is 23.4 Å². The Hall–Kier alpha value is -0.520. The van der Waals surface area contributed by atoms with Crippen LogP contribution in [-0.2, 0) is 9.59 Å². The summed E-state index contributed by atoms with van der Waals surface area (Å²) in [4.78, 5) is 24.7. The van der Waals surface area contributed by atoms with E-state index in [1.54, 1.807) is 0 Å². The first-order valence-corrected chi connectivity index (χ1v) is 8.74. The van der Waals surface area contributed by atoms with E-state index >= 15 is 0 Å². The predicted molar refractivity (Wildman–Crippen MR) is 77.9 cm³/mol. The monoisotopic (exact) mass is 381 g/mol. The van der Waals surface area contributed by atoms with Gasteiger partial charge in [0, 0.05) is 11.7 Å². The summed E-state index contributed by atoms with van der Waals surface area (Å²) in [5.74, 6) is -3.36. The number of carboxylic acids is 1. The van der Waals surface area contributed by atoms with E-state index in [-0.39, 0.29) is 41.0 Å². The van der Waals surface area contributed by atoms with Crippen molar-refractivity contribution in [2.24, 2.45) is 11.8 Å². The first kappa shape index (κ1) is 19.8. The number of β-lactam (4-membered cyclic amide) rings is 1. The SMILES string of the molecule is C[C@@H](O)[C@H]1C(=O)N2C(C(=O)[O-])=C(CSc3nncs3)[C@@H](CF)[C@H]12.[Na+]. The zero-order valence-corrected chi connectivity index (χ0v) is 16.6. The van der Waals surface area contributed by atoms with Crippen LogP contribution in [0.2, 0.25) is 0 Å². The van der Waals surface area contributed by atoms with Crippen LogP contribution < -0.4 is 34.7 Å². The smallest absolute Gasteiger partial charge is 0.543 e. The number of halogens is 1. The molecule has 0 aromatic carbocycles. The molecule has 7 nitrogen and oxygen atoms in total. The fourth-order valence-corrected chi connectivity index (χ4v) is 4.80. The summed E-state index contributed by atoms with van der Waals surface area (Å²) in [6, 6.07) is -0.662. The number of carboxylic acid groups (broad SMARTS) is 1. The zero-order valence-electron chi connectivity index (χ0n) is 13.0. The third-order valence-corrected chi connectivity index (χ3v) is 6.07. The molecule has 0 spiro atoms. The predicted octanol–water partition coefficient (Wildman–Crippen LogP) is -3.55. The van der Waals surface area contributed by atoms with Gasteiger partial charge in [0.25, 0.3) is 0 Å². The van der Waals surface area contributed by atoms with Gasteiger partial charge in [-0.2, -0.15) is 0 Å². The molecule has 1 amide bonds. The first-order chi connectivity index (χ1) is 11.0. The maximum atomic E-state index is 13.6. The van der Waals surface area contributed by atoms with Crippen LogP contribution in [0.4, 0.5) is 4.39 Å². The molecule has 2 aliphatic heterocycles. The minimum atomic E-state index is -1.50. The molecule has 2 aliphatic rings. The van der Waals surface area contributed by atoms with E-state index in [4.69, 9.17) is 0 Å². The number of aromatic nitrogens is 2. The Morgan fingerprint density at radius 3 is 2.83 bits per heavy atom. The number of aliphatic hydroxyl groups is 1. The van der Waals surface area contributed by atoms with Crippen molar-refractivity contribution in [3.63, 3.8) is 0 Å². The van der Waals surface area contributed by atoms with Crippen LogP contribution in [0.5, 0.6) is 0 Å². The molecular weight excluding hydrogens is 368 g/mol. The summed E-state index contributed by atoms with van der Waals surface area (Å²) in [7, 11) is 0. The topological polar surface area (TPSA) is 106 Å². The molecule has 0 bridgehead atoms. The molecule has 3 rings (SSSR count). The van der Waals surface area contributed by atoms with Gasteiger partial charge in [0.2, 0.25) is 5.91 Å². The van der Waals surface area contributed by atoms with Gasteiger partial charge in [-0.05, 0) is 12.5 Å². The Labute approximate surface area is 167 Å². The van der Waals surface area contributed by atoms with Gasteiger partial charge in [0.1, 0.15) is 5.51 Å². The molecule has 0 saturated carbocycles. The van der Waals surface area contributed by atoms with Crippen LogP contribution in [0.3, 0.4) is 0 Å². The normalized spacial score (nSPS) is 26.7. The van der Waals surface area contributed by atoms with Crippen LogP contribution in [0, 0.1) is 11.8 Å². The summed E-state index contributed by atoms with van der Waals surface area (Å²) in [5, 5.41) is 28.7. The maximum absolute atomic E-state index is 13.6. The van der Waals surface area contributed by atoms with Crippen LogP contribution in [0.25, 0.3) is 0 Å². The Bertz CT molecular complexity index is 670. The molecular formula is C13H13FN3NaO4S2. The molecule has 3 heterocycles. The first-order valence-electron chi connectivity index (χ1n) is 6.87. The minimum absolute atomic E-state index is 0. The molecule has 1 fully saturated rings. The van der Waals surface area contributed by atoms with Crippen LogP contribution in [-0.4, -0.2) is 56.7 Å². The zero-order chi connectivity index (χ0) is 16.7. The molecule has 1 saturated heterocycles. The van der Waals surface area contributed by atoms with E-state index in [9.17, 15) is 24.2 Å². The van der Waals surface area contributed by atoms with Crippen LogP contribution >= 0.6 is 23.1 Å². The average Bonchev–Trinajstić information content (AvgIpc) is 3.08. The van der Waals surface area contributed by atoms with Gasteiger partial charge in [-0.3, -0.25) is 9.18 Å². The quantitative estimate of drug-likeness (QED) is 0.309. The summed E-state index contributed by atoms with van der Waals surface area (Å²) < 4.78 is 14.2. The van der Waals surface area contributed by atoms with Gasteiger partial charge < -0.3 is 19.9 Å². The maximum Gasteiger partial charge on any atom is 1.00 e. The molecule has 1 aromatic heterocycles. The number of hydrogen-bond donors (Lipinski definition) is 1. The van der Waals surface area contributed by atoms with E-state index in [0.29, 0.717) is 9.91 Å². The summed E-state index contributed by atoms with van der Waals surface area (Å²) in [6.07, 6.45) is -0.962. The molecule has 0 aliphatic carbocycles. The summed E-state index contributed by atoms with van der Waals surface area (Å²) in [6.45, 7) is 0.641. The van der Waals surface area contributed by atoms with Crippen LogP contribution in [0.1, 0.15) is 6.92 Å². The van der Waals surface area contributed by atoms with Crippen molar-refractivity contribution in [1.29, 1.82) is 0 Å². The number of fused-ring (bicyclic) bond motifs is 1. The van der Waals surface area contributed by atoms with Gasteiger partial charge in [0.05, 0.1) is 36.4 Å². The molecule has 24 heavy (non-hydrogen) atoms. The Balaban J connectivity index is 0.00000208. The number of amides is 1. The Morgan fingerprint density at radius 1 is 1.62 bits per heavy atom.